The van der Waals surface area contributed by atoms with Gasteiger partial charge in [-0.2, -0.15) is 11.8 Å². The molecule has 3 heteroatoms. The number of hydrogen-bond acceptors (Lipinski definition) is 3. The van der Waals surface area contributed by atoms with Crippen molar-refractivity contribution >= 4 is 11.8 Å². The lowest BCUT2D eigenvalue weighted by Gasteiger charge is -2.26. The Bertz CT molecular complexity index is 81.7. The number of nitrogens with zero attached hydrogens (tertiary/aromatic N) is 1. The lowest BCUT2D eigenvalue weighted by atomic mass is 10.5. The number of nitrogens with one attached hydrogen (secondary N) is 1. The van der Waals surface area contributed by atoms with Gasteiger partial charge in [0.25, 0.3) is 0 Å². The molecule has 0 spiro atoms. The lowest BCUT2D eigenvalue weighted by molar-refractivity contribution is 0.229. The van der Waals surface area contributed by atoms with E-state index in [2.05, 4.69) is 23.9 Å². The van der Waals surface area contributed by atoms with Gasteiger partial charge in [-0.1, -0.05) is 6.92 Å². The van der Waals surface area contributed by atoms with Crippen molar-refractivity contribution < 1.29 is 0 Å². The summed E-state index contributed by atoms with van der Waals surface area (Å²) in [7, 11) is 0. The molecule has 2 nitrogen and oxygen atoms in total. The van der Waals surface area contributed by atoms with Crippen LogP contribution in [0.4, 0.5) is 0 Å². The Labute approximate surface area is 67.3 Å². The van der Waals surface area contributed by atoms with Crippen molar-refractivity contribution in [2.45, 2.75) is 13.3 Å². The van der Waals surface area contributed by atoms with E-state index in [1.54, 1.807) is 0 Å². The van der Waals surface area contributed by atoms with Crippen LogP contribution in [-0.2, 0) is 0 Å². The van der Waals surface area contributed by atoms with E-state index < -0.39 is 0 Å². The molecule has 10 heavy (non-hydrogen) atoms. The fourth-order valence-corrected chi connectivity index (χ4v) is 1.82. The summed E-state index contributed by atoms with van der Waals surface area (Å²) >= 11 is 2.04. The van der Waals surface area contributed by atoms with Gasteiger partial charge in [-0.15, -0.1) is 0 Å². The highest BCUT2D eigenvalue weighted by Crippen LogP contribution is 2.06. The molecule has 0 aromatic heterocycles. The third kappa shape index (κ3) is 2.90. The van der Waals surface area contributed by atoms with Crippen LogP contribution in [0, 0.1) is 6.54 Å². The van der Waals surface area contributed by atoms with Crippen LogP contribution in [0.5, 0.6) is 0 Å². The second-order valence-corrected chi connectivity index (χ2v) is 3.57. The minimum atomic E-state index is 1.10. The predicted octanol–water partition coefficient (Wildman–Crippen LogP) is 1.11. The summed E-state index contributed by atoms with van der Waals surface area (Å²) < 4.78 is 0. The molecule has 0 aliphatic carbocycles. The van der Waals surface area contributed by atoms with Crippen molar-refractivity contribution in [1.82, 2.24) is 10.4 Å². The molecular formula is C7H15N2S. The van der Waals surface area contributed by atoms with Gasteiger partial charge in [-0.3, -0.25) is 5.43 Å². The van der Waals surface area contributed by atoms with E-state index in [-0.39, 0.29) is 0 Å². The summed E-state index contributed by atoms with van der Waals surface area (Å²) in [6, 6.07) is 0. The molecule has 1 aliphatic heterocycles. The molecule has 0 saturated carbocycles. The van der Waals surface area contributed by atoms with Crippen LogP contribution < -0.4 is 5.43 Å². The van der Waals surface area contributed by atoms with E-state index in [0.717, 1.165) is 6.42 Å². The van der Waals surface area contributed by atoms with Crippen LogP contribution in [0.3, 0.4) is 0 Å². The third-order valence-corrected chi connectivity index (χ3v) is 2.43. The highest BCUT2D eigenvalue weighted by Gasteiger charge is 2.07. The monoisotopic (exact) mass is 159 g/mol. The molecule has 1 saturated heterocycles. The van der Waals surface area contributed by atoms with Gasteiger partial charge >= 0.3 is 0 Å². The molecule has 0 bridgehead atoms. The van der Waals surface area contributed by atoms with Crippen LogP contribution >= 0.6 is 11.8 Å². The quantitative estimate of drug-likeness (QED) is 0.664. The highest BCUT2D eigenvalue weighted by atomic mass is 32.2. The topological polar surface area (TPSA) is 15.3 Å². The van der Waals surface area contributed by atoms with E-state index >= 15 is 0 Å². The minimum Gasteiger partial charge on any atom is -0.250 e. The van der Waals surface area contributed by atoms with Crippen LogP contribution in [-0.4, -0.2) is 29.6 Å². The summed E-state index contributed by atoms with van der Waals surface area (Å²) in [5.41, 5.74) is 3.27. The Hall–Kier alpha value is 0.270. The summed E-state index contributed by atoms with van der Waals surface area (Å²) in [6.45, 7) is 6.62. The van der Waals surface area contributed by atoms with E-state index in [4.69, 9.17) is 0 Å². The Kier molecular flexibility index (Phi) is 4.18. The summed E-state index contributed by atoms with van der Waals surface area (Å²) in [5, 5.41) is 2.28. The molecule has 1 aliphatic rings. The molecule has 1 rings (SSSR count). The smallest absolute Gasteiger partial charge is 0.0379 e. The van der Waals surface area contributed by atoms with Crippen molar-refractivity contribution in [3.8, 4) is 0 Å². The van der Waals surface area contributed by atoms with Gasteiger partial charge in [0.1, 0.15) is 0 Å². The van der Waals surface area contributed by atoms with Crippen molar-refractivity contribution in [3.63, 3.8) is 0 Å². The first-order valence-corrected chi connectivity index (χ1v) is 4.99. The first kappa shape index (κ1) is 8.37. The number of rotatable bonds is 3. The standard InChI is InChI=1S/C7H15N2S/c1-2-3-8-9-4-6-10-7-5-9/h3,8H,2,4-7H2,1H3. The molecule has 0 atom stereocenters. The summed E-state index contributed by atoms with van der Waals surface area (Å²) in [5.74, 6) is 2.54. The molecule has 0 aromatic carbocycles. The molecule has 1 N–H and O–H groups in total. The first-order chi connectivity index (χ1) is 4.93. The first-order valence-electron chi connectivity index (χ1n) is 3.84. The van der Waals surface area contributed by atoms with Gasteiger partial charge in [-0.25, -0.2) is 5.01 Å². The highest BCUT2D eigenvalue weighted by molar-refractivity contribution is 7.99. The van der Waals surface area contributed by atoms with Crippen molar-refractivity contribution in [3.05, 3.63) is 6.54 Å². The van der Waals surface area contributed by atoms with Crippen molar-refractivity contribution in [2.24, 2.45) is 0 Å². The molecule has 0 aromatic rings. The lowest BCUT2D eigenvalue weighted by Crippen LogP contribution is -2.41. The fraction of sp³-hybridized carbons (Fsp3) is 0.857. The molecule has 1 heterocycles. The maximum absolute atomic E-state index is 3.27. The third-order valence-electron chi connectivity index (χ3n) is 1.49. The van der Waals surface area contributed by atoms with Gasteiger partial charge in [0, 0.05) is 31.1 Å². The summed E-state index contributed by atoms with van der Waals surface area (Å²) in [6.07, 6.45) is 1.10. The fourth-order valence-electron chi connectivity index (χ4n) is 0.913. The number of thioether (sulfide) groups is 1. The second-order valence-electron chi connectivity index (χ2n) is 2.34. The molecule has 1 radical (unpaired) electrons. The normalized spacial score (nSPS) is 21.3. The maximum atomic E-state index is 3.27. The maximum Gasteiger partial charge on any atom is 0.0379 e. The van der Waals surface area contributed by atoms with Crippen LogP contribution in [0.1, 0.15) is 13.3 Å². The van der Waals surface area contributed by atoms with Gasteiger partial charge in [0.2, 0.25) is 0 Å². The Balaban J connectivity index is 2.02. The number of hydrogen-bond donors (Lipinski definition) is 1. The SMILES string of the molecule is CC[CH]NN1CCSCC1. The van der Waals surface area contributed by atoms with Crippen molar-refractivity contribution in [2.75, 3.05) is 24.6 Å². The van der Waals surface area contributed by atoms with Crippen LogP contribution in [0.25, 0.3) is 0 Å². The van der Waals surface area contributed by atoms with E-state index in [1.165, 1.54) is 24.6 Å². The second kappa shape index (κ2) is 4.99. The zero-order valence-corrected chi connectivity index (χ0v) is 7.28. The van der Waals surface area contributed by atoms with E-state index in [0.29, 0.717) is 0 Å². The van der Waals surface area contributed by atoms with E-state index in [1.807, 2.05) is 11.8 Å². The number of hydrazine groups is 1. The van der Waals surface area contributed by atoms with Gasteiger partial charge in [-0.05, 0) is 6.42 Å². The Morgan fingerprint density at radius 3 is 2.80 bits per heavy atom. The predicted molar refractivity (Wildman–Crippen MR) is 46.6 cm³/mol. The van der Waals surface area contributed by atoms with Crippen molar-refractivity contribution in [1.29, 1.82) is 0 Å². The van der Waals surface area contributed by atoms with Gasteiger partial charge < -0.3 is 0 Å². The minimum absolute atomic E-state index is 1.10. The average molecular weight is 159 g/mol. The van der Waals surface area contributed by atoms with Crippen LogP contribution in [0.15, 0.2) is 0 Å². The van der Waals surface area contributed by atoms with Crippen LogP contribution in [0.2, 0.25) is 0 Å². The molecule has 59 valence electrons. The van der Waals surface area contributed by atoms with Gasteiger partial charge in [0.15, 0.2) is 0 Å². The molecule has 1 fully saturated rings. The molecular weight excluding hydrogens is 144 g/mol. The average Bonchev–Trinajstić information content (AvgIpc) is 2.03. The Morgan fingerprint density at radius 1 is 1.50 bits per heavy atom. The molecule has 0 amide bonds. The summed E-state index contributed by atoms with van der Waals surface area (Å²) in [4.78, 5) is 0. The zero-order chi connectivity index (χ0) is 7.23. The van der Waals surface area contributed by atoms with E-state index in [9.17, 15) is 0 Å². The zero-order valence-electron chi connectivity index (χ0n) is 6.47. The largest absolute Gasteiger partial charge is 0.250 e. The molecule has 0 unspecified atom stereocenters. The van der Waals surface area contributed by atoms with Gasteiger partial charge in [0.05, 0.1) is 0 Å². The Morgan fingerprint density at radius 2 is 2.20 bits per heavy atom.